The summed E-state index contributed by atoms with van der Waals surface area (Å²) >= 11 is 0. The molecule has 2 rings (SSSR count). The van der Waals surface area contributed by atoms with Crippen molar-refractivity contribution in [3.63, 3.8) is 0 Å². The molecule has 0 unspecified atom stereocenters. The highest BCUT2D eigenvalue weighted by Gasteiger charge is 2.29. The third kappa shape index (κ3) is 0.939. The number of rotatable bonds is 2. The predicted octanol–water partition coefficient (Wildman–Crippen LogP) is 0.209. The Morgan fingerprint density at radius 1 is 1.67 bits per heavy atom. The van der Waals surface area contributed by atoms with Gasteiger partial charge in [0, 0.05) is 12.2 Å². The summed E-state index contributed by atoms with van der Waals surface area (Å²) < 4.78 is 1.31. The Labute approximate surface area is 67.6 Å². The number of hydrogen-bond acceptors (Lipinski definition) is 2. The molecule has 0 aliphatic heterocycles. The van der Waals surface area contributed by atoms with Crippen LogP contribution in [0.4, 0.5) is 0 Å². The molecule has 1 aliphatic rings. The van der Waals surface area contributed by atoms with Gasteiger partial charge in [0.25, 0.3) is 0 Å². The highest BCUT2D eigenvalue weighted by molar-refractivity contribution is 5.85. The first-order chi connectivity index (χ1) is 5.70. The zero-order valence-corrected chi connectivity index (χ0v) is 6.28. The molecule has 1 heterocycles. The van der Waals surface area contributed by atoms with E-state index >= 15 is 0 Å². The Hall–Kier alpha value is -1.52. The third-order valence-corrected chi connectivity index (χ3v) is 1.94. The fourth-order valence-electron chi connectivity index (χ4n) is 1.24. The molecule has 2 N–H and O–H groups in total. The van der Waals surface area contributed by atoms with Crippen molar-refractivity contribution in [3.8, 4) is 0 Å². The van der Waals surface area contributed by atoms with E-state index in [1.807, 2.05) is 0 Å². The average Bonchev–Trinajstić information content (AvgIpc) is 2.75. The van der Waals surface area contributed by atoms with E-state index in [-0.39, 0.29) is 17.4 Å². The van der Waals surface area contributed by atoms with Gasteiger partial charge in [0.05, 0.1) is 0 Å². The van der Waals surface area contributed by atoms with Crippen LogP contribution in [0.5, 0.6) is 0 Å². The van der Waals surface area contributed by atoms with Crippen molar-refractivity contribution in [1.29, 1.82) is 0 Å². The number of carbonyl (C=O) groups is 1. The monoisotopic (exact) mass is 168 g/mol. The van der Waals surface area contributed by atoms with Crippen LogP contribution in [0, 0.1) is 0 Å². The van der Waals surface area contributed by atoms with Gasteiger partial charge < -0.3 is 10.1 Å². The maximum Gasteiger partial charge on any atom is 0.354 e. The van der Waals surface area contributed by atoms with Crippen LogP contribution in [-0.2, 0) is 0 Å². The van der Waals surface area contributed by atoms with Gasteiger partial charge in [-0.2, -0.15) is 0 Å². The van der Waals surface area contributed by atoms with E-state index in [0.29, 0.717) is 0 Å². The van der Waals surface area contributed by atoms with Crippen molar-refractivity contribution in [2.75, 3.05) is 0 Å². The topological polar surface area (TPSA) is 75.1 Å². The molecular formula is C7H8N2O3. The lowest BCUT2D eigenvalue weighted by atomic mass is 10.4. The van der Waals surface area contributed by atoms with Crippen molar-refractivity contribution >= 4 is 5.97 Å². The third-order valence-electron chi connectivity index (χ3n) is 1.94. The molecule has 0 amide bonds. The van der Waals surface area contributed by atoms with E-state index in [1.165, 1.54) is 10.8 Å². The number of carboxylic acids is 1. The maximum atomic E-state index is 11.1. The van der Waals surface area contributed by atoms with Crippen molar-refractivity contribution < 1.29 is 9.90 Å². The normalized spacial score (nSPS) is 16.3. The Morgan fingerprint density at radius 2 is 2.33 bits per heavy atom. The molecule has 1 saturated carbocycles. The van der Waals surface area contributed by atoms with E-state index < -0.39 is 5.97 Å². The fourth-order valence-corrected chi connectivity index (χ4v) is 1.24. The maximum absolute atomic E-state index is 11.1. The highest BCUT2D eigenvalue weighted by Crippen LogP contribution is 2.34. The number of aromatic carboxylic acids is 1. The summed E-state index contributed by atoms with van der Waals surface area (Å²) in [5.41, 5.74) is -0.266. The first-order valence-electron chi connectivity index (χ1n) is 3.73. The minimum atomic E-state index is -1.06. The molecule has 5 nitrogen and oxygen atoms in total. The Kier molecular flexibility index (Phi) is 1.33. The van der Waals surface area contributed by atoms with E-state index in [0.717, 1.165) is 12.8 Å². The minimum absolute atomic E-state index is 0.0579. The van der Waals surface area contributed by atoms with Gasteiger partial charge in [0.2, 0.25) is 0 Å². The van der Waals surface area contributed by atoms with E-state index in [1.54, 1.807) is 0 Å². The fraction of sp³-hybridized carbons (Fsp3) is 0.429. The Balaban J connectivity index is 2.53. The number of nitrogens with zero attached hydrogens (tertiary/aromatic N) is 1. The zero-order chi connectivity index (χ0) is 8.72. The largest absolute Gasteiger partial charge is 0.477 e. The summed E-state index contributed by atoms with van der Waals surface area (Å²) in [6.45, 7) is 0. The molecule has 1 aliphatic carbocycles. The Morgan fingerprint density at radius 3 is 2.83 bits per heavy atom. The molecular weight excluding hydrogens is 160 g/mol. The molecule has 0 radical (unpaired) electrons. The number of imidazole rings is 1. The molecule has 0 spiro atoms. The van der Waals surface area contributed by atoms with Crippen LogP contribution in [0.1, 0.15) is 29.4 Å². The second kappa shape index (κ2) is 2.23. The molecule has 1 aromatic heterocycles. The number of aromatic amines is 1. The van der Waals surface area contributed by atoms with Crippen LogP contribution in [0.2, 0.25) is 0 Å². The molecule has 64 valence electrons. The number of hydrogen-bond donors (Lipinski definition) is 2. The van der Waals surface area contributed by atoms with Crippen LogP contribution < -0.4 is 5.69 Å². The van der Waals surface area contributed by atoms with Crippen LogP contribution in [0.15, 0.2) is 11.0 Å². The van der Waals surface area contributed by atoms with Crippen molar-refractivity contribution in [3.05, 3.63) is 22.4 Å². The van der Waals surface area contributed by atoms with Gasteiger partial charge >= 0.3 is 11.7 Å². The smallest absolute Gasteiger partial charge is 0.354 e. The molecule has 1 aromatic rings. The second-order valence-electron chi connectivity index (χ2n) is 2.89. The summed E-state index contributed by atoms with van der Waals surface area (Å²) in [7, 11) is 0. The molecule has 12 heavy (non-hydrogen) atoms. The molecule has 0 saturated heterocycles. The minimum Gasteiger partial charge on any atom is -0.477 e. The lowest BCUT2D eigenvalue weighted by Gasteiger charge is -1.98. The molecule has 1 fully saturated rings. The van der Waals surface area contributed by atoms with Crippen LogP contribution >= 0.6 is 0 Å². The summed E-state index contributed by atoms with van der Waals surface area (Å²) in [6, 6.07) is 0.106. The van der Waals surface area contributed by atoms with Crippen molar-refractivity contribution in [2.45, 2.75) is 18.9 Å². The van der Waals surface area contributed by atoms with Gasteiger partial charge in [-0.3, -0.25) is 4.57 Å². The number of carboxylic acid groups (broad SMARTS) is 1. The predicted molar refractivity (Wildman–Crippen MR) is 40.3 cm³/mol. The van der Waals surface area contributed by atoms with Gasteiger partial charge in [-0.05, 0) is 12.8 Å². The quantitative estimate of drug-likeness (QED) is 0.662. The molecule has 5 heteroatoms. The van der Waals surface area contributed by atoms with Crippen LogP contribution in [-0.4, -0.2) is 20.6 Å². The number of aromatic nitrogens is 2. The lowest BCUT2D eigenvalue weighted by molar-refractivity contribution is 0.0684. The SMILES string of the molecule is O=C(O)c1c[nH]c(=O)n1C1CC1. The van der Waals surface area contributed by atoms with Crippen molar-refractivity contribution in [1.82, 2.24) is 9.55 Å². The van der Waals surface area contributed by atoms with Crippen LogP contribution in [0.25, 0.3) is 0 Å². The summed E-state index contributed by atoms with van der Waals surface area (Å²) in [5, 5.41) is 8.68. The summed E-state index contributed by atoms with van der Waals surface area (Å²) in [4.78, 5) is 24.0. The summed E-state index contributed by atoms with van der Waals surface area (Å²) in [5.74, 6) is -1.06. The number of H-pyrrole nitrogens is 1. The first kappa shape index (κ1) is 7.15. The molecule has 0 aromatic carbocycles. The van der Waals surface area contributed by atoms with Gasteiger partial charge in [-0.25, -0.2) is 9.59 Å². The summed E-state index contributed by atoms with van der Waals surface area (Å²) in [6.07, 6.45) is 3.04. The van der Waals surface area contributed by atoms with Gasteiger partial charge in [-0.15, -0.1) is 0 Å². The van der Waals surface area contributed by atoms with Crippen LogP contribution in [0.3, 0.4) is 0 Å². The number of nitrogens with one attached hydrogen (secondary N) is 1. The first-order valence-corrected chi connectivity index (χ1v) is 3.73. The van der Waals surface area contributed by atoms with E-state index in [2.05, 4.69) is 4.98 Å². The standard InChI is InChI=1S/C7H8N2O3/c10-6(11)5-3-8-7(12)9(5)4-1-2-4/h3-4H,1-2H2,(H,8,12)(H,10,11). The van der Waals surface area contributed by atoms with Crippen molar-refractivity contribution in [2.24, 2.45) is 0 Å². The van der Waals surface area contributed by atoms with Gasteiger partial charge in [0.15, 0.2) is 0 Å². The van der Waals surface area contributed by atoms with Gasteiger partial charge in [-0.1, -0.05) is 0 Å². The average molecular weight is 168 g/mol. The van der Waals surface area contributed by atoms with Gasteiger partial charge in [0.1, 0.15) is 5.69 Å². The van der Waals surface area contributed by atoms with E-state index in [9.17, 15) is 9.59 Å². The van der Waals surface area contributed by atoms with E-state index in [4.69, 9.17) is 5.11 Å². The molecule has 0 bridgehead atoms. The zero-order valence-electron chi connectivity index (χ0n) is 6.28. The Bertz CT molecular complexity index is 372. The second-order valence-corrected chi connectivity index (χ2v) is 2.89. The highest BCUT2D eigenvalue weighted by atomic mass is 16.4. The lowest BCUT2D eigenvalue weighted by Crippen LogP contribution is -2.19. The molecule has 0 atom stereocenters.